The Kier molecular flexibility index (Phi) is 6.37. The first-order valence-corrected chi connectivity index (χ1v) is 11.4. The predicted molar refractivity (Wildman–Crippen MR) is 125 cm³/mol. The van der Waals surface area contributed by atoms with E-state index in [0.717, 1.165) is 23.1 Å². The van der Waals surface area contributed by atoms with Gasteiger partial charge in [-0.25, -0.2) is 4.52 Å². The number of primary amides is 1. The monoisotopic (exact) mass is 453 g/mol. The SMILES string of the molecule is CCC(O)C(=O)N1CC[C@@H](Nc2c(C(N)=O)cnn3cc(-c4cnn(C)c4)cc23)[C@H](CC)C1. The fourth-order valence-corrected chi connectivity index (χ4v) is 4.53. The number of aliphatic hydroxyl groups excluding tert-OH is 1. The number of hydrogen-bond acceptors (Lipinski definition) is 6. The number of nitrogens with two attached hydrogens (primary N) is 1. The summed E-state index contributed by atoms with van der Waals surface area (Å²) in [6, 6.07) is 2.01. The van der Waals surface area contributed by atoms with Crippen LogP contribution in [0, 0.1) is 5.92 Å². The molecular weight excluding hydrogens is 422 g/mol. The fraction of sp³-hybridized carbons (Fsp3) is 0.478. The number of aliphatic hydroxyl groups is 1. The van der Waals surface area contributed by atoms with Crippen molar-refractivity contribution in [3.63, 3.8) is 0 Å². The Bertz CT molecular complexity index is 1170. The molecule has 1 fully saturated rings. The Labute approximate surface area is 192 Å². The second-order valence-electron chi connectivity index (χ2n) is 8.67. The van der Waals surface area contributed by atoms with Crippen molar-refractivity contribution in [2.24, 2.45) is 18.7 Å². The maximum atomic E-state index is 12.5. The van der Waals surface area contributed by atoms with Crippen LogP contribution in [0.1, 0.15) is 43.5 Å². The summed E-state index contributed by atoms with van der Waals surface area (Å²) in [5.74, 6) is -0.608. The van der Waals surface area contributed by atoms with Gasteiger partial charge in [0.25, 0.3) is 11.8 Å². The van der Waals surface area contributed by atoms with Gasteiger partial charge in [0.15, 0.2) is 0 Å². The molecule has 0 radical (unpaired) electrons. The number of aryl methyl sites for hydroxylation is 1. The van der Waals surface area contributed by atoms with Crippen LogP contribution in [0.5, 0.6) is 0 Å². The van der Waals surface area contributed by atoms with Crippen LogP contribution >= 0.6 is 0 Å². The van der Waals surface area contributed by atoms with Crippen molar-refractivity contribution in [3.8, 4) is 11.1 Å². The summed E-state index contributed by atoms with van der Waals surface area (Å²) in [6.07, 6.45) is 8.07. The number of amides is 2. The van der Waals surface area contributed by atoms with Crippen LogP contribution in [-0.4, -0.2) is 66.5 Å². The van der Waals surface area contributed by atoms with Gasteiger partial charge in [0.2, 0.25) is 0 Å². The van der Waals surface area contributed by atoms with Crippen LogP contribution < -0.4 is 11.1 Å². The first-order chi connectivity index (χ1) is 15.8. The molecule has 4 rings (SSSR count). The lowest BCUT2D eigenvalue weighted by molar-refractivity contribution is -0.142. The van der Waals surface area contributed by atoms with Crippen molar-refractivity contribution >= 4 is 23.0 Å². The van der Waals surface area contributed by atoms with Gasteiger partial charge in [0, 0.05) is 49.7 Å². The average molecular weight is 454 g/mol. The Balaban J connectivity index is 1.65. The van der Waals surface area contributed by atoms with Crippen molar-refractivity contribution in [3.05, 3.63) is 36.4 Å². The smallest absolute Gasteiger partial charge is 0.252 e. The first kappa shape index (κ1) is 22.8. The van der Waals surface area contributed by atoms with Gasteiger partial charge >= 0.3 is 0 Å². The number of fused-ring (bicyclic) bond motifs is 1. The van der Waals surface area contributed by atoms with Gasteiger partial charge in [0.05, 0.1) is 29.2 Å². The summed E-state index contributed by atoms with van der Waals surface area (Å²) < 4.78 is 3.46. The fourth-order valence-electron chi connectivity index (χ4n) is 4.53. The summed E-state index contributed by atoms with van der Waals surface area (Å²) >= 11 is 0. The number of hydrogen-bond donors (Lipinski definition) is 3. The normalized spacial score (nSPS) is 19.6. The molecule has 3 aromatic rings. The van der Waals surface area contributed by atoms with Crippen molar-refractivity contribution in [1.29, 1.82) is 0 Å². The maximum absolute atomic E-state index is 12.5. The molecule has 0 spiro atoms. The lowest BCUT2D eigenvalue weighted by Crippen LogP contribution is -2.51. The average Bonchev–Trinajstić information content (AvgIpc) is 3.44. The van der Waals surface area contributed by atoms with Gasteiger partial charge < -0.3 is 21.1 Å². The molecule has 4 N–H and O–H groups in total. The van der Waals surface area contributed by atoms with Crippen LogP contribution in [0.3, 0.4) is 0 Å². The zero-order valence-electron chi connectivity index (χ0n) is 19.2. The van der Waals surface area contributed by atoms with Crippen molar-refractivity contribution in [2.75, 3.05) is 18.4 Å². The summed E-state index contributed by atoms with van der Waals surface area (Å²) in [5, 5.41) is 22.2. The van der Waals surface area contributed by atoms with Gasteiger partial charge in [0.1, 0.15) is 6.10 Å². The number of nitrogens with zero attached hydrogens (tertiary/aromatic N) is 5. The zero-order valence-corrected chi connectivity index (χ0v) is 19.2. The topological polar surface area (TPSA) is 131 Å². The molecular formula is C23H31N7O3. The Morgan fingerprint density at radius 1 is 1.24 bits per heavy atom. The Hall–Kier alpha value is -3.40. The van der Waals surface area contributed by atoms with Gasteiger partial charge in [-0.1, -0.05) is 13.8 Å². The number of likely N-dealkylation sites (tertiary alicyclic amines) is 1. The quantitative estimate of drug-likeness (QED) is 0.499. The van der Waals surface area contributed by atoms with Crippen molar-refractivity contribution in [2.45, 2.75) is 45.3 Å². The first-order valence-electron chi connectivity index (χ1n) is 11.4. The highest BCUT2D eigenvalue weighted by Gasteiger charge is 2.33. The number of anilines is 1. The number of rotatable bonds is 7. The van der Waals surface area contributed by atoms with E-state index in [4.69, 9.17) is 5.73 Å². The molecule has 0 saturated carbocycles. The molecule has 1 aliphatic rings. The number of carbonyl (C=O) groups is 2. The highest BCUT2D eigenvalue weighted by atomic mass is 16.3. The Morgan fingerprint density at radius 2 is 2.03 bits per heavy atom. The van der Waals surface area contributed by atoms with Gasteiger partial charge in [-0.3, -0.25) is 14.3 Å². The number of carbonyl (C=O) groups excluding carboxylic acids is 2. The second kappa shape index (κ2) is 9.22. The zero-order chi connectivity index (χ0) is 23.7. The highest BCUT2D eigenvalue weighted by Crippen LogP contribution is 2.31. The minimum atomic E-state index is -0.958. The standard InChI is InChI=1S/C23H31N7O3/c1-4-14-12-29(23(33)20(31)5-2)7-6-18(14)27-21-17(22(24)32)10-26-30-13-15(8-19(21)30)16-9-25-28(3)11-16/h8-11,13-14,18,20,27,31H,4-7,12H2,1-3H3,(H2,24,32)/t14-,18-,20?/m1/s1. The summed E-state index contributed by atoms with van der Waals surface area (Å²) in [4.78, 5) is 26.5. The lowest BCUT2D eigenvalue weighted by Gasteiger charge is -2.40. The molecule has 176 valence electrons. The van der Waals surface area contributed by atoms with Crippen LogP contribution in [0.25, 0.3) is 16.6 Å². The number of nitrogens with one attached hydrogen (secondary N) is 1. The molecule has 10 nitrogen and oxygen atoms in total. The van der Waals surface area contributed by atoms with Crippen LogP contribution in [0.2, 0.25) is 0 Å². The summed E-state index contributed by atoms with van der Waals surface area (Å²) in [6.45, 7) is 4.97. The van der Waals surface area contributed by atoms with E-state index in [2.05, 4.69) is 22.4 Å². The molecule has 10 heteroatoms. The number of piperidine rings is 1. The van der Waals surface area contributed by atoms with E-state index < -0.39 is 12.0 Å². The van der Waals surface area contributed by atoms with E-state index >= 15 is 0 Å². The number of aromatic nitrogens is 4. The van der Waals surface area contributed by atoms with E-state index in [9.17, 15) is 14.7 Å². The van der Waals surface area contributed by atoms with E-state index in [1.54, 1.807) is 27.2 Å². The van der Waals surface area contributed by atoms with E-state index in [-0.39, 0.29) is 17.9 Å². The van der Waals surface area contributed by atoms with E-state index in [0.29, 0.717) is 37.2 Å². The lowest BCUT2D eigenvalue weighted by atomic mass is 9.89. The molecule has 3 atom stereocenters. The predicted octanol–water partition coefficient (Wildman–Crippen LogP) is 1.64. The van der Waals surface area contributed by atoms with Crippen LogP contribution in [0.15, 0.2) is 30.9 Å². The molecule has 1 unspecified atom stereocenters. The largest absolute Gasteiger partial charge is 0.383 e. The van der Waals surface area contributed by atoms with Crippen molar-refractivity contribution < 1.29 is 14.7 Å². The molecule has 33 heavy (non-hydrogen) atoms. The summed E-state index contributed by atoms with van der Waals surface area (Å²) in [5.41, 5.74) is 9.29. The van der Waals surface area contributed by atoms with E-state index in [1.807, 2.05) is 25.5 Å². The third kappa shape index (κ3) is 4.43. The molecule has 0 aromatic carbocycles. The van der Waals surface area contributed by atoms with Gasteiger partial charge in [-0.05, 0) is 31.2 Å². The van der Waals surface area contributed by atoms with E-state index in [1.165, 1.54) is 6.20 Å². The van der Waals surface area contributed by atoms with Crippen LogP contribution in [0.4, 0.5) is 5.69 Å². The molecule has 0 bridgehead atoms. The minimum Gasteiger partial charge on any atom is -0.383 e. The highest BCUT2D eigenvalue weighted by molar-refractivity contribution is 6.02. The third-order valence-corrected chi connectivity index (χ3v) is 6.51. The molecule has 2 amide bonds. The van der Waals surface area contributed by atoms with Gasteiger partial charge in [-0.15, -0.1) is 0 Å². The van der Waals surface area contributed by atoms with Gasteiger partial charge in [-0.2, -0.15) is 10.2 Å². The second-order valence-corrected chi connectivity index (χ2v) is 8.67. The molecule has 1 aliphatic heterocycles. The van der Waals surface area contributed by atoms with Crippen LogP contribution in [-0.2, 0) is 11.8 Å². The van der Waals surface area contributed by atoms with Crippen molar-refractivity contribution in [1.82, 2.24) is 24.3 Å². The third-order valence-electron chi connectivity index (χ3n) is 6.51. The maximum Gasteiger partial charge on any atom is 0.252 e. The summed E-state index contributed by atoms with van der Waals surface area (Å²) in [7, 11) is 1.86. The Morgan fingerprint density at radius 3 is 2.67 bits per heavy atom. The molecule has 4 heterocycles. The molecule has 1 saturated heterocycles. The minimum absolute atomic E-state index is 0.0406. The molecule has 0 aliphatic carbocycles. The molecule has 3 aromatic heterocycles.